The summed E-state index contributed by atoms with van der Waals surface area (Å²) in [5.41, 5.74) is 2.25. The van der Waals surface area contributed by atoms with E-state index in [0.29, 0.717) is 11.5 Å². The van der Waals surface area contributed by atoms with Crippen molar-refractivity contribution in [3.8, 4) is 5.69 Å². The molecule has 1 aromatic heterocycles. The van der Waals surface area contributed by atoms with Crippen LogP contribution in [-0.4, -0.2) is 26.2 Å². The van der Waals surface area contributed by atoms with E-state index in [0.717, 1.165) is 16.4 Å². The summed E-state index contributed by atoms with van der Waals surface area (Å²) in [5.74, 6) is 0. The van der Waals surface area contributed by atoms with Gasteiger partial charge in [-0.1, -0.05) is 31.9 Å². The van der Waals surface area contributed by atoms with Crippen molar-refractivity contribution in [3.05, 3.63) is 29.5 Å². The highest BCUT2D eigenvalue weighted by atomic mass is 35.5. The summed E-state index contributed by atoms with van der Waals surface area (Å²) in [5, 5.41) is 15.6. The van der Waals surface area contributed by atoms with Crippen LogP contribution >= 0.6 is 11.6 Å². The van der Waals surface area contributed by atoms with Crippen molar-refractivity contribution in [1.82, 2.24) is 20.2 Å². The van der Waals surface area contributed by atoms with Gasteiger partial charge in [0.05, 0.1) is 16.4 Å². The molecule has 1 saturated carbocycles. The summed E-state index contributed by atoms with van der Waals surface area (Å²) in [6.07, 6.45) is 6.49. The Labute approximate surface area is 129 Å². The average Bonchev–Trinajstić information content (AvgIpc) is 2.94. The molecule has 0 radical (unpaired) electrons. The molecular formula is C15H20ClN5. The van der Waals surface area contributed by atoms with Crippen molar-refractivity contribution in [2.24, 2.45) is 5.41 Å². The quantitative estimate of drug-likeness (QED) is 0.939. The van der Waals surface area contributed by atoms with Gasteiger partial charge in [-0.15, -0.1) is 5.10 Å². The maximum Gasteiger partial charge on any atom is 0.143 e. The first-order valence-corrected chi connectivity index (χ1v) is 7.71. The van der Waals surface area contributed by atoms with Crippen molar-refractivity contribution >= 4 is 17.3 Å². The molecule has 3 rings (SSSR count). The molecule has 0 aliphatic heterocycles. The van der Waals surface area contributed by atoms with Crippen LogP contribution in [0.15, 0.2) is 24.5 Å². The minimum atomic E-state index is 0.399. The molecule has 1 aliphatic carbocycles. The van der Waals surface area contributed by atoms with E-state index in [1.165, 1.54) is 25.7 Å². The smallest absolute Gasteiger partial charge is 0.143 e. The SMILES string of the molecule is CC1(C)CCCC(Nc2cc(-n3cnnn3)ccc2Cl)C1. The van der Waals surface area contributed by atoms with E-state index in [9.17, 15) is 0 Å². The first-order valence-electron chi connectivity index (χ1n) is 7.33. The minimum absolute atomic E-state index is 0.399. The zero-order valence-electron chi connectivity index (χ0n) is 12.4. The molecule has 2 aromatic rings. The highest BCUT2D eigenvalue weighted by Gasteiger charge is 2.28. The number of hydrogen-bond acceptors (Lipinski definition) is 4. The van der Waals surface area contributed by atoms with E-state index in [4.69, 9.17) is 11.6 Å². The van der Waals surface area contributed by atoms with Gasteiger partial charge >= 0.3 is 0 Å². The number of halogens is 1. The largest absolute Gasteiger partial charge is 0.381 e. The predicted molar refractivity (Wildman–Crippen MR) is 83.8 cm³/mol. The van der Waals surface area contributed by atoms with Crippen LogP contribution in [0.3, 0.4) is 0 Å². The number of nitrogens with one attached hydrogen (secondary N) is 1. The molecule has 1 aromatic carbocycles. The van der Waals surface area contributed by atoms with Gasteiger partial charge in [-0.3, -0.25) is 0 Å². The van der Waals surface area contributed by atoms with Crippen LogP contribution in [0.4, 0.5) is 5.69 Å². The molecule has 1 unspecified atom stereocenters. The molecule has 1 aliphatic rings. The highest BCUT2D eigenvalue weighted by Crippen LogP contribution is 2.37. The van der Waals surface area contributed by atoms with E-state index < -0.39 is 0 Å². The Bertz CT molecular complexity index is 609. The number of nitrogens with zero attached hydrogens (tertiary/aromatic N) is 4. The zero-order valence-corrected chi connectivity index (χ0v) is 13.1. The molecular weight excluding hydrogens is 286 g/mol. The van der Waals surface area contributed by atoms with E-state index in [2.05, 4.69) is 34.7 Å². The first kappa shape index (κ1) is 14.3. The summed E-state index contributed by atoms with van der Waals surface area (Å²) in [4.78, 5) is 0. The van der Waals surface area contributed by atoms with Gasteiger partial charge in [0.2, 0.25) is 0 Å². The third kappa shape index (κ3) is 3.35. The molecule has 1 atom stereocenters. The molecule has 0 saturated heterocycles. The van der Waals surface area contributed by atoms with Crippen molar-refractivity contribution in [3.63, 3.8) is 0 Å². The maximum atomic E-state index is 6.32. The summed E-state index contributed by atoms with van der Waals surface area (Å²) in [7, 11) is 0. The van der Waals surface area contributed by atoms with Crippen LogP contribution in [0.2, 0.25) is 5.02 Å². The van der Waals surface area contributed by atoms with Crippen LogP contribution in [0.1, 0.15) is 39.5 Å². The highest BCUT2D eigenvalue weighted by molar-refractivity contribution is 6.33. The van der Waals surface area contributed by atoms with Crippen molar-refractivity contribution in [1.29, 1.82) is 0 Å². The Hall–Kier alpha value is -1.62. The second-order valence-corrected chi connectivity index (χ2v) is 6.93. The molecule has 1 fully saturated rings. The monoisotopic (exact) mass is 305 g/mol. The Morgan fingerprint density at radius 1 is 1.38 bits per heavy atom. The van der Waals surface area contributed by atoms with Crippen LogP contribution in [-0.2, 0) is 0 Å². The topological polar surface area (TPSA) is 55.6 Å². The molecule has 1 N–H and O–H groups in total. The molecule has 0 spiro atoms. The average molecular weight is 306 g/mol. The first-order chi connectivity index (χ1) is 10.0. The fraction of sp³-hybridized carbons (Fsp3) is 0.533. The molecule has 6 heteroatoms. The number of hydrogen-bond donors (Lipinski definition) is 1. The molecule has 0 bridgehead atoms. The predicted octanol–water partition coefficient (Wildman–Crippen LogP) is 3.70. The molecule has 112 valence electrons. The number of tetrazole rings is 1. The summed E-state index contributed by atoms with van der Waals surface area (Å²) >= 11 is 6.32. The van der Waals surface area contributed by atoms with Gasteiger partial charge in [-0.05, 0) is 53.3 Å². The maximum absolute atomic E-state index is 6.32. The van der Waals surface area contributed by atoms with Crippen molar-refractivity contribution < 1.29 is 0 Å². The lowest BCUT2D eigenvalue weighted by molar-refractivity contribution is 0.229. The van der Waals surface area contributed by atoms with E-state index >= 15 is 0 Å². The zero-order chi connectivity index (χ0) is 14.9. The van der Waals surface area contributed by atoms with Crippen LogP contribution in [0.5, 0.6) is 0 Å². The number of rotatable bonds is 3. The van der Waals surface area contributed by atoms with Crippen molar-refractivity contribution in [2.45, 2.75) is 45.6 Å². The van der Waals surface area contributed by atoms with E-state index in [-0.39, 0.29) is 0 Å². The fourth-order valence-electron chi connectivity index (χ4n) is 3.09. The summed E-state index contributed by atoms with van der Waals surface area (Å²) in [6.45, 7) is 4.67. The van der Waals surface area contributed by atoms with Gasteiger partial charge in [-0.25, -0.2) is 4.68 Å². The lowest BCUT2D eigenvalue weighted by Crippen LogP contribution is -2.31. The Balaban J connectivity index is 1.80. The third-order valence-corrected chi connectivity index (χ3v) is 4.46. The molecule has 1 heterocycles. The second-order valence-electron chi connectivity index (χ2n) is 6.52. The minimum Gasteiger partial charge on any atom is -0.381 e. The number of benzene rings is 1. The van der Waals surface area contributed by atoms with E-state index in [1.54, 1.807) is 11.0 Å². The second kappa shape index (κ2) is 5.64. The lowest BCUT2D eigenvalue weighted by Gasteiger charge is -2.36. The lowest BCUT2D eigenvalue weighted by atomic mass is 9.75. The van der Waals surface area contributed by atoms with E-state index in [1.807, 2.05) is 18.2 Å². The van der Waals surface area contributed by atoms with Gasteiger partial charge in [0, 0.05) is 6.04 Å². The standard InChI is InChI=1S/C15H20ClN5/c1-15(2)7-3-4-11(9-15)18-14-8-12(5-6-13(14)16)21-10-17-19-20-21/h5-6,8,10-11,18H,3-4,7,9H2,1-2H3. The molecule has 21 heavy (non-hydrogen) atoms. The van der Waals surface area contributed by atoms with Gasteiger partial charge < -0.3 is 5.32 Å². The van der Waals surface area contributed by atoms with Gasteiger partial charge in [-0.2, -0.15) is 0 Å². The Morgan fingerprint density at radius 3 is 2.95 bits per heavy atom. The van der Waals surface area contributed by atoms with Gasteiger partial charge in [0.25, 0.3) is 0 Å². The summed E-state index contributed by atoms with van der Waals surface area (Å²) < 4.78 is 1.63. The Kier molecular flexibility index (Phi) is 3.85. The van der Waals surface area contributed by atoms with Crippen molar-refractivity contribution in [2.75, 3.05) is 5.32 Å². The van der Waals surface area contributed by atoms with Gasteiger partial charge in [0.15, 0.2) is 0 Å². The normalized spacial score (nSPS) is 21.2. The fourth-order valence-corrected chi connectivity index (χ4v) is 3.26. The van der Waals surface area contributed by atoms with Crippen LogP contribution in [0, 0.1) is 5.41 Å². The van der Waals surface area contributed by atoms with Gasteiger partial charge in [0.1, 0.15) is 6.33 Å². The number of anilines is 1. The molecule has 0 amide bonds. The van der Waals surface area contributed by atoms with Crippen LogP contribution < -0.4 is 5.32 Å². The Morgan fingerprint density at radius 2 is 2.24 bits per heavy atom. The number of aromatic nitrogens is 4. The third-order valence-electron chi connectivity index (χ3n) is 4.13. The van der Waals surface area contributed by atoms with Crippen LogP contribution in [0.25, 0.3) is 5.69 Å². The summed E-state index contributed by atoms with van der Waals surface area (Å²) in [6, 6.07) is 6.26. The molecule has 5 nitrogen and oxygen atoms in total.